The van der Waals surface area contributed by atoms with Crippen molar-refractivity contribution in [1.29, 1.82) is 0 Å². The zero-order valence-electron chi connectivity index (χ0n) is 19.2. The van der Waals surface area contributed by atoms with Crippen LogP contribution in [0.15, 0.2) is 64.4 Å². The fourth-order valence-electron chi connectivity index (χ4n) is 3.49. The topological polar surface area (TPSA) is 113 Å². The van der Waals surface area contributed by atoms with Crippen LogP contribution in [0.4, 0.5) is 5.69 Å². The Morgan fingerprint density at radius 3 is 2.26 bits per heavy atom. The van der Waals surface area contributed by atoms with Crippen molar-refractivity contribution in [1.82, 2.24) is 8.61 Å². The number of hydrogen-bond acceptors (Lipinski definition) is 6. The summed E-state index contributed by atoms with van der Waals surface area (Å²) in [5.74, 6) is -0.442. The average Bonchev–Trinajstić information content (AvgIpc) is 2.84. The summed E-state index contributed by atoms with van der Waals surface area (Å²) >= 11 is 0. The first-order chi connectivity index (χ1) is 16.2. The number of morpholine rings is 1. The third-order valence-corrected chi connectivity index (χ3v) is 9.32. The molecule has 0 aromatic heterocycles. The van der Waals surface area contributed by atoms with Crippen LogP contribution in [0.25, 0.3) is 6.08 Å². The van der Waals surface area contributed by atoms with Crippen molar-refractivity contribution in [2.45, 2.75) is 23.6 Å². The highest BCUT2D eigenvalue weighted by atomic mass is 32.2. The third kappa shape index (κ3) is 6.10. The molecular weight excluding hydrogens is 478 g/mol. The quantitative estimate of drug-likeness (QED) is 0.522. The minimum Gasteiger partial charge on any atom is -0.379 e. The van der Waals surface area contributed by atoms with E-state index in [-0.39, 0.29) is 9.79 Å². The lowest BCUT2D eigenvalue weighted by Gasteiger charge is -2.26. The molecule has 1 aliphatic rings. The number of carbonyl (C=O) groups is 1. The van der Waals surface area contributed by atoms with Gasteiger partial charge in [0.15, 0.2) is 0 Å². The number of sulfonamides is 2. The molecule has 0 bridgehead atoms. The normalized spacial score (nSPS) is 15.6. The predicted molar refractivity (Wildman–Crippen MR) is 130 cm³/mol. The second-order valence-electron chi connectivity index (χ2n) is 7.53. The Kier molecular flexibility index (Phi) is 8.61. The van der Waals surface area contributed by atoms with Crippen LogP contribution in [0.3, 0.4) is 0 Å². The molecule has 0 unspecified atom stereocenters. The van der Waals surface area contributed by atoms with Crippen LogP contribution >= 0.6 is 0 Å². The maximum atomic E-state index is 12.7. The van der Waals surface area contributed by atoms with Gasteiger partial charge in [-0.25, -0.2) is 16.8 Å². The number of nitrogens with one attached hydrogen (secondary N) is 1. The Bertz CT molecular complexity index is 1230. The highest BCUT2D eigenvalue weighted by Crippen LogP contribution is 2.20. The molecule has 1 amide bonds. The lowest BCUT2D eigenvalue weighted by Crippen LogP contribution is -2.40. The molecule has 0 atom stereocenters. The second-order valence-corrected chi connectivity index (χ2v) is 11.4. The van der Waals surface area contributed by atoms with Crippen molar-refractivity contribution < 1.29 is 26.4 Å². The van der Waals surface area contributed by atoms with Gasteiger partial charge in [0.05, 0.1) is 23.0 Å². The van der Waals surface area contributed by atoms with Gasteiger partial charge in [-0.05, 0) is 42.0 Å². The predicted octanol–water partition coefficient (Wildman–Crippen LogP) is 2.39. The van der Waals surface area contributed by atoms with Gasteiger partial charge in [0, 0.05) is 37.9 Å². The van der Waals surface area contributed by atoms with Crippen molar-refractivity contribution in [3.63, 3.8) is 0 Å². The van der Waals surface area contributed by atoms with E-state index >= 15 is 0 Å². The van der Waals surface area contributed by atoms with E-state index in [1.54, 1.807) is 44.2 Å². The van der Waals surface area contributed by atoms with Gasteiger partial charge in [0.1, 0.15) is 0 Å². The first-order valence-electron chi connectivity index (χ1n) is 11.0. The monoisotopic (exact) mass is 507 g/mol. The maximum absolute atomic E-state index is 12.7. The smallest absolute Gasteiger partial charge is 0.248 e. The Labute approximate surface area is 201 Å². The molecule has 184 valence electrons. The van der Waals surface area contributed by atoms with E-state index in [9.17, 15) is 21.6 Å². The number of rotatable bonds is 9. The molecular formula is C23H29N3O6S2. The summed E-state index contributed by atoms with van der Waals surface area (Å²) in [4.78, 5) is 12.6. The highest BCUT2D eigenvalue weighted by molar-refractivity contribution is 7.89. The van der Waals surface area contributed by atoms with E-state index in [1.807, 2.05) is 0 Å². The number of anilines is 1. The van der Waals surface area contributed by atoms with Gasteiger partial charge in [-0.3, -0.25) is 4.79 Å². The molecule has 11 heteroatoms. The first-order valence-corrected chi connectivity index (χ1v) is 13.8. The molecule has 1 heterocycles. The van der Waals surface area contributed by atoms with Gasteiger partial charge >= 0.3 is 0 Å². The molecule has 1 saturated heterocycles. The fraction of sp³-hybridized carbons (Fsp3) is 0.348. The molecule has 2 aromatic rings. The van der Waals surface area contributed by atoms with Crippen LogP contribution in [0, 0.1) is 0 Å². The van der Waals surface area contributed by atoms with Crippen molar-refractivity contribution in [3.05, 3.63) is 60.2 Å². The van der Waals surface area contributed by atoms with Gasteiger partial charge in [-0.2, -0.15) is 8.61 Å². The average molecular weight is 508 g/mol. The number of hydrogen-bond donors (Lipinski definition) is 1. The molecule has 1 N–H and O–H groups in total. The van der Waals surface area contributed by atoms with Gasteiger partial charge in [-0.15, -0.1) is 0 Å². The van der Waals surface area contributed by atoms with Crippen LogP contribution in [0.1, 0.15) is 19.4 Å². The van der Waals surface area contributed by atoms with Crippen LogP contribution in [-0.2, 0) is 29.6 Å². The molecule has 0 spiro atoms. The van der Waals surface area contributed by atoms with Crippen molar-refractivity contribution in [2.75, 3.05) is 44.7 Å². The highest BCUT2D eigenvalue weighted by Gasteiger charge is 2.26. The Morgan fingerprint density at radius 2 is 1.65 bits per heavy atom. The number of carbonyl (C=O) groups excluding carboxylic acids is 1. The Morgan fingerprint density at radius 1 is 1.00 bits per heavy atom. The zero-order valence-corrected chi connectivity index (χ0v) is 20.8. The maximum Gasteiger partial charge on any atom is 0.248 e. The summed E-state index contributed by atoms with van der Waals surface area (Å²) in [7, 11) is -7.21. The van der Waals surface area contributed by atoms with Gasteiger partial charge in [0.25, 0.3) is 0 Å². The number of benzene rings is 2. The zero-order chi connectivity index (χ0) is 24.8. The molecule has 2 aromatic carbocycles. The van der Waals surface area contributed by atoms with E-state index in [2.05, 4.69) is 5.32 Å². The second kappa shape index (κ2) is 11.2. The molecule has 3 rings (SSSR count). The molecule has 0 aliphatic carbocycles. The van der Waals surface area contributed by atoms with E-state index < -0.39 is 26.0 Å². The van der Waals surface area contributed by atoms with E-state index in [4.69, 9.17) is 4.74 Å². The summed E-state index contributed by atoms with van der Waals surface area (Å²) in [5, 5.41) is 2.66. The minimum atomic E-state index is -3.63. The third-order valence-electron chi connectivity index (χ3n) is 5.36. The lowest BCUT2D eigenvalue weighted by atomic mass is 10.2. The number of amides is 1. The summed E-state index contributed by atoms with van der Waals surface area (Å²) in [6.07, 6.45) is 2.86. The summed E-state index contributed by atoms with van der Waals surface area (Å²) in [5.41, 5.74) is 1.00. The van der Waals surface area contributed by atoms with Crippen molar-refractivity contribution in [2.24, 2.45) is 0 Å². The van der Waals surface area contributed by atoms with E-state index in [1.165, 1.54) is 39.0 Å². The van der Waals surface area contributed by atoms with Gasteiger partial charge in [0.2, 0.25) is 26.0 Å². The lowest BCUT2D eigenvalue weighted by molar-refractivity contribution is -0.111. The van der Waals surface area contributed by atoms with Crippen LogP contribution in [0.5, 0.6) is 0 Å². The van der Waals surface area contributed by atoms with Crippen LogP contribution in [0.2, 0.25) is 0 Å². The minimum absolute atomic E-state index is 0.107. The Balaban J connectivity index is 1.66. The van der Waals surface area contributed by atoms with Crippen molar-refractivity contribution >= 4 is 37.7 Å². The molecule has 1 fully saturated rings. The van der Waals surface area contributed by atoms with Gasteiger partial charge in [-0.1, -0.05) is 32.0 Å². The molecule has 34 heavy (non-hydrogen) atoms. The summed E-state index contributed by atoms with van der Waals surface area (Å²) in [6, 6.07) is 12.3. The summed E-state index contributed by atoms with van der Waals surface area (Å²) < 4.78 is 58.7. The molecule has 1 aliphatic heterocycles. The number of ether oxygens (including phenoxy) is 1. The molecule has 9 nitrogen and oxygen atoms in total. The largest absolute Gasteiger partial charge is 0.379 e. The SMILES string of the molecule is CCN(CC)S(=O)(=O)c1cccc(NC(=O)/C=C/c2ccc(S(=O)(=O)N3CCOCC3)cc2)c1. The van der Waals surface area contributed by atoms with Crippen LogP contribution < -0.4 is 5.32 Å². The van der Waals surface area contributed by atoms with E-state index in [0.29, 0.717) is 50.6 Å². The summed E-state index contributed by atoms with van der Waals surface area (Å²) in [6.45, 7) is 5.63. The standard InChI is InChI=1S/C23H29N3O6S2/c1-3-25(4-2)34(30,31)22-7-5-6-20(18-22)24-23(27)13-10-19-8-11-21(12-9-19)33(28,29)26-14-16-32-17-15-26/h5-13,18H,3-4,14-17H2,1-2H3,(H,24,27)/b13-10+. The Hall–Kier alpha value is -2.57. The van der Waals surface area contributed by atoms with Crippen molar-refractivity contribution in [3.8, 4) is 0 Å². The first kappa shape index (κ1) is 26.0. The number of nitrogens with zero attached hydrogens (tertiary/aromatic N) is 2. The molecule has 0 saturated carbocycles. The van der Waals surface area contributed by atoms with Crippen LogP contribution in [-0.4, -0.2) is 70.7 Å². The van der Waals surface area contributed by atoms with Gasteiger partial charge < -0.3 is 10.1 Å². The fourth-order valence-corrected chi connectivity index (χ4v) is 6.40. The van der Waals surface area contributed by atoms with E-state index in [0.717, 1.165) is 0 Å². The molecule has 0 radical (unpaired) electrons.